The molecule has 1 fully saturated rings. The van der Waals surface area contributed by atoms with Gasteiger partial charge in [-0.3, -0.25) is 9.59 Å². The molecule has 1 aromatic rings. The van der Waals surface area contributed by atoms with Crippen molar-refractivity contribution in [2.24, 2.45) is 11.8 Å². The summed E-state index contributed by atoms with van der Waals surface area (Å²) in [5.74, 6) is -0.287. The van der Waals surface area contributed by atoms with Crippen LogP contribution in [-0.4, -0.2) is 36.0 Å². The zero-order valence-electron chi connectivity index (χ0n) is 13.4. The summed E-state index contributed by atoms with van der Waals surface area (Å²) in [4.78, 5) is 25.3. The maximum Gasteiger partial charge on any atom is 0.306 e. The fourth-order valence-electron chi connectivity index (χ4n) is 3.10. The molecule has 6 heteroatoms. The standard InChI is InChI=1S/C17H22BrNO4/c1-19(10-13-9-14(18)7-8-15(13)23-2)16(20)11-3-5-12(6-4-11)17(21)22/h7-9,11-12H,3-6,10H2,1-2H3,(H,21,22). The number of halogens is 1. The molecule has 126 valence electrons. The molecule has 5 nitrogen and oxygen atoms in total. The second-order valence-corrected chi connectivity index (χ2v) is 6.95. The van der Waals surface area contributed by atoms with E-state index in [-0.39, 0.29) is 17.7 Å². The molecule has 1 aromatic carbocycles. The number of aliphatic carboxylic acids is 1. The van der Waals surface area contributed by atoms with E-state index in [1.807, 2.05) is 18.2 Å². The van der Waals surface area contributed by atoms with Crippen LogP contribution >= 0.6 is 15.9 Å². The van der Waals surface area contributed by atoms with Gasteiger partial charge in [0.25, 0.3) is 0 Å². The summed E-state index contributed by atoms with van der Waals surface area (Å²) < 4.78 is 6.28. The summed E-state index contributed by atoms with van der Waals surface area (Å²) in [6.45, 7) is 0.473. The van der Waals surface area contributed by atoms with Gasteiger partial charge in [0.2, 0.25) is 5.91 Å². The third-order valence-corrected chi connectivity index (χ3v) is 4.95. The molecule has 0 bridgehead atoms. The number of carboxylic acid groups (broad SMARTS) is 1. The van der Waals surface area contributed by atoms with Crippen molar-refractivity contribution in [3.05, 3.63) is 28.2 Å². The van der Waals surface area contributed by atoms with Crippen molar-refractivity contribution in [2.75, 3.05) is 14.2 Å². The molecule has 0 aromatic heterocycles. The molecule has 2 rings (SSSR count). The van der Waals surface area contributed by atoms with E-state index in [2.05, 4.69) is 15.9 Å². The van der Waals surface area contributed by atoms with Crippen LogP contribution in [0.2, 0.25) is 0 Å². The van der Waals surface area contributed by atoms with Crippen LogP contribution in [0.25, 0.3) is 0 Å². The zero-order valence-corrected chi connectivity index (χ0v) is 15.0. The van der Waals surface area contributed by atoms with Crippen LogP contribution in [0.1, 0.15) is 31.2 Å². The minimum Gasteiger partial charge on any atom is -0.496 e. The fraction of sp³-hybridized carbons (Fsp3) is 0.529. The number of methoxy groups -OCH3 is 1. The number of carbonyl (C=O) groups is 2. The second-order valence-electron chi connectivity index (χ2n) is 6.04. The van der Waals surface area contributed by atoms with Crippen LogP contribution in [0.3, 0.4) is 0 Å². The number of carboxylic acids is 1. The van der Waals surface area contributed by atoms with E-state index in [1.165, 1.54) is 0 Å². The van der Waals surface area contributed by atoms with Crippen molar-refractivity contribution in [1.82, 2.24) is 4.90 Å². The predicted octanol–water partition coefficient (Wildman–Crippen LogP) is 3.31. The minimum absolute atomic E-state index is 0.0752. The molecule has 0 saturated heterocycles. The molecule has 1 aliphatic rings. The lowest BCUT2D eigenvalue weighted by Crippen LogP contribution is -2.35. The lowest BCUT2D eigenvalue weighted by molar-refractivity contribution is -0.145. The number of benzene rings is 1. The van der Waals surface area contributed by atoms with Gasteiger partial charge in [0, 0.05) is 29.5 Å². The summed E-state index contributed by atoms with van der Waals surface area (Å²) in [7, 11) is 3.40. The van der Waals surface area contributed by atoms with E-state index in [9.17, 15) is 9.59 Å². The van der Waals surface area contributed by atoms with E-state index >= 15 is 0 Å². The Bertz CT molecular complexity index is 582. The van der Waals surface area contributed by atoms with Crippen LogP contribution in [0.5, 0.6) is 5.75 Å². The van der Waals surface area contributed by atoms with Gasteiger partial charge in [-0.25, -0.2) is 0 Å². The molecule has 1 saturated carbocycles. The Hall–Kier alpha value is -1.56. The number of hydrogen-bond acceptors (Lipinski definition) is 3. The maximum atomic E-state index is 12.6. The summed E-state index contributed by atoms with van der Waals surface area (Å²) in [5.41, 5.74) is 0.942. The van der Waals surface area contributed by atoms with Gasteiger partial charge in [-0.1, -0.05) is 15.9 Å². The number of carbonyl (C=O) groups excluding carboxylic acids is 1. The average molecular weight is 384 g/mol. The molecule has 1 N–H and O–H groups in total. The highest BCUT2D eigenvalue weighted by atomic mass is 79.9. The Labute approximate surface area is 144 Å². The van der Waals surface area contributed by atoms with Gasteiger partial charge in [-0.2, -0.15) is 0 Å². The van der Waals surface area contributed by atoms with Gasteiger partial charge < -0.3 is 14.7 Å². The number of ether oxygens (including phenoxy) is 1. The molecule has 0 aliphatic heterocycles. The monoisotopic (exact) mass is 383 g/mol. The van der Waals surface area contributed by atoms with Crippen LogP contribution in [0.4, 0.5) is 0 Å². The predicted molar refractivity (Wildman–Crippen MR) is 90.3 cm³/mol. The number of nitrogens with zero attached hydrogens (tertiary/aromatic N) is 1. The van der Waals surface area contributed by atoms with Gasteiger partial charge in [-0.15, -0.1) is 0 Å². The van der Waals surface area contributed by atoms with E-state index in [0.717, 1.165) is 15.8 Å². The molecule has 0 heterocycles. The van der Waals surface area contributed by atoms with Crippen LogP contribution in [0, 0.1) is 11.8 Å². The van der Waals surface area contributed by atoms with E-state index in [1.54, 1.807) is 19.1 Å². The molecule has 1 amide bonds. The van der Waals surface area contributed by atoms with E-state index in [4.69, 9.17) is 9.84 Å². The maximum absolute atomic E-state index is 12.6. The molecule has 0 spiro atoms. The largest absolute Gasteiger partial charge is 0.496 e. The summed E-state index contributed by atoms with van der Waals surface area (Å²) in [5, 5.41) is 9.04. The van der Waals surface area contributed by atoms with Crippen molar-refractivity contribution >= 4 is 27.8 Å². The molecule has 0 atom stereocenters. The first-order chi connectivity index (χ1) is 10.9. The van der Waals surface area contributed by atoms with Crippen molar-refractivity contribution in [3.8, 4) is 5.75 Å². The number of rotatable bonds is 5. The lowest BCUT2D eigenvalue weighted by Gasteiger charge is -2.29. The Morgan fingerprint density at radius 2 is 1.87 bits per heavy atom. The van der Waals surface area contributed by atoms with Crippen LogP contribution in [-0.2, 0) is 16.1 Å². The van der Waals surface area contributed by atoms with Gasteiger partial charge in [0.05, 0.1) is 13.0 Å². The summed E-state index contributed by atoms with van der Waals surface area (Å²) in [6, 6.07) is 5.72. The highest BCUT2D eigenvalue weighted by Crippen LogP contribution is 2.31. The molecular weight excluding hydrogens is 362 g/mol. The van der Waals surface area contributed by atoms with Crippen molar-refractivity contribution in [3.63, 3.8) is 0 Å². The van der Waals surface area contributed by atoms with Gasteiger partial charge in [-0.05, 0) is 43.9 Å². The Morgan fingerprint density at radius 3 is 2.43 bits per heavy atom. The molecule has 23 heavy (non-hydrogen) atoms. The first-order valence-electron chi connectivity index (χ1n) is 7.72. The Morgan fingerprint density at radius 1 is 1.26 bits per heavy atom. The first kappa shape index (κ1) is 17.8. The van der Waals surface area contributed by atoms with Gasteiger partial charge in [0.1, 0.15) is 5.75 Å². The van der Waals surface area contributed by atoms with Gasteiger partial charge in [0.15, 0.2) is 0 Å². The third-order valence-electron chi connectivity index (χ3n) is 4.45. The minimum atomic E-state index is -0.747. The third kappa shape index (κ3) is 4.47. The molecule has 0 radical (unpaired) electrons. The highest BCUT2D eigenvalue weighted by molar-refractivity contribution is 9.10. The Kier molecular flexibility index (Phi) is 6.04. The first-order valence-corrected chi connectivity index (χ1v) is 8.52. The normalized spacial score (nSPS) is 20.8. The average Bonchev–Trinajstić information content (AvgIpc) is 2.54. The second kappa shape index (κ2) is 7.81. The van der Waals surface area contributed by atoms with Crippen molar-refractivity contribution in [1.29, 1.82) is 0 Å². The fourth-order valence-corrected chi connectivity index (χ4v) is 3.51. The SMILES string of the molecule is COc1ccc(Br)cc1CN(C)C(=O)C1CCC(C(=O)O)CC1. The Balaban J connectivity index is 1.98. The van der Waals surface area contributed by atoms with Crippen LogP contribution < -0.4 is 4.74 Å². The van der Waals surface area contributed by atoms with Crippen molar-refractivity contribution < 1.29 is 19.4 Å². The van der Waals surface area contributed by atoms with Crippen molar-refractivity contribution in [2.45, 2.75) is 32.2 Å². The highest BCUT2D eigenvalue weighted by Gasteiger charge is 2.31. The molecular formula is C17H22BrNO4. The van der Waals surface area contributed by atoms with Crippen LogP contribution in [0.15, 0.2) is 22.7 Å². The number of amides is 1. The summed E-state index contributed by atoms with van der Waals surface area (Å²) in [6.07, 6.45) is 2.46. The molecule has 0 unspecified atom stereocenters. The zero-order chi connectivity index (χ0) is 17.0. The quantitative estimate of drug-likeness (QED) is 0.846. The van der Waals surface area contributed by atoms with Gasteiger partial charge >= 0.3 is 5.97 Å². The summed E-state index contributed by atoms with van der Waals surface area (Å²) >= 11 is 3.43. The molecule has 1 aliphatic carbocycles. The number of hydrogen-bond donors (Lipinski definition) is 1. The van der Waals surface area contributed by atoms with E-state index < -0.39 is 5.97 Å². The topological polar surface area (TPSA) is 66.8 Å². The van der Waals surface area contributed by atoms with E-state index in [0.29, 0.717) is 32.2 Å². The smallest absolute Gasteiger partial charge is 0.306 e. The lowest BCUT2D eigenvalue weighted by atomic mass is 9.81.